The van der Waals surface area contributed by atoms with Gasteiger partial charge in [-0.3, -0.25) is 9.69 Å². The average molecular weight is 308 g/mol. The van der Waals surface area contributed by atoms with Crippen LogP contribution in [-0.4, -0.2) is 53.6 Å². The van der Waals surface area contributed by atoms with Crippen LogP contribution in [0.5, 0.6) is 0 Å². The Morgan fingerprint density at radius 2 is 2.23 bits per heavy atom. The highest BCUT2D eigenvalue weighted by atomic mass is 19.1. The van der Waals surface area contributed by atoms with Gasteiger partial charge in [-0.25, -0.2) is 4.39 Å². The number of likely N-dealkylation sites (tertiary alicyclic amines) is 1. The van der Waals surface area contributed by atoms with E-state index in [4.69, 9.17) is 0 Å². The minimum Gasteiger partial charge on any atom is -0.393 e. The van der Waals surface area contributed by atoms with Crippen molar-refractivity contribution in [1.29, 1.82) is 0 Å². The van der Waals surface area contributed by atoms with Crippen molar-refractivity contribution in [2.24, 2.45) is 5.92 Å². The number of carbonyl (C=O) groups is 1. The van der Waals surface area contributed by atoms with Crippen molar-refractivity contribution in [2.45, 2.75) is 32.4 Å². The quantitative estimate of drug-likeness (QED) is 0.903. The molecule has 1 amide bonds. The predicted octanol–water partition coefficient (Wildman–Crippen LogP) is 1.88. The Hall–Kier alpha value is -1.46. The number of hydrogen-bond acceptors (Lipinski definition) is 3. The first kappa shape index (κ1) is 16.9. The summed E-state index contributed by atoms with van der Waals surface area (Å²) < 4.78 is 13.6. The zero-order valence-electron chi connectivity index (χ0n) is 13.3. The van der Waals surface area contributed by atoms with E-state index >= 15 is 0 Å². The molecular weight excluding hydrogens is 283 g/mol. The van der Waals surface area contributed by atoms with E-state index in [0.717, 1.165) is 25.9 Å². The van der Waals surface area contributed by atoms with Crippen molar-refractivity contribution in [3.63, 3.8) is 0 Å². The number of aliphatic hydroxyl groups excluding tert-OH is 1. The monoisotopic (exact) mass is 308 g/mol. The number of benzene rings is 1. The number of halogens is 1. The molecule has 1 fully saturated rings. The Labute approximate surface area is 131 Å². The van der Waals surface area contributed by atoms with Crippen molar-refractivity contribution in [3.8, 4) is 0 Å². The maximum atomic E-state index is 13.6. The fourth-order valence-electron chi connectivity index (χ4n) is 2.91. The fraction of sp³-hybridized carbons (Fsp3) is 0.588. The molecule has 2 unspecified atom stereocenters. The molecule has 1 aliphatic rings. The van der Waals surface area contributed by atoms with Crippen molar-refractivity contribution in [1.82, 2.24) is 9.80 Å². The summed E-state index contributed by atoms with van der Waals surface area (Å²) in [5, 5.41) is 9.70. The minimum atomic E-state index is -0.339. The smallest absolute Gasteiger partial charge is 0.236 e. The van der Waals surface area contributed by atoms with Gasteiger partial charge in [-0.15, -0.1) is 0 Å². The molecule has 1 aromatic carbocycles. The molecule has 0 bridgehead atoms. The van der Waals surface area contributed by atoms with E-state index in [1.54, 1.807) is 37.1 Å². The number of rotatable bonds is 5. The molecule has 0 radical (unpaired) electrons. The molecule has 1 aromatic rings. The van der Waals surface area contributed by atoms with E-state index in [-0.39, 0.29) is 30.3 Å². The molecule has 2 atom stereocenters. The lowest BCUT2D eigenvalue weighted by atomic mass is 9.93. The topological polar surface area (TPSA) is 43.8 Å². The Kier molecular flexibility index (Phi) is 5.91. The Morgan fingerprint density at radius 3 is 2.91 bits per heavy atom. The third-order valence-electron chi connectivity index (χ3n) is 4.37. The largest absolute Gasteiger partial charge is 0.393 e. The van der Waals surface area contributed by atoms with Crippen LogP contribution in [0.1, 0.15) is 25.3 Å². The zero-order chi connectivity index (χ0) is 16.1. The summed E-state index contributed by atoms with van der Waals surface area (Å²) in [5.74, 6) is -0.0674. The Morgan fingerprint density at radius 1 is 1.50 bits per heavy atom. The number of likely N-dealkylation sites (N-methyl/N-ethyl adjacent to an activating group) is 1. The second-order valence-corrected chi connectivity index (χ2v) is 6.22. The van der Waals surface area contributed by atoms with Gasteiger partial charge in [0.05, 0.1) is 12.6 Å². The molecule has 4 nitrogen and oxygen atoms in total. The number of nitrogens with zero attached hydrogens (tertiary/aromatic N) is 2. The molecule has 0 aromatic heterocycles. The normalized spacial score (nSPS) is 20.6. The zero-order valence-corrected chi connectivity index (χ0v) is 13.3. The van der Waals surface area contributed by atoms with Gasteiger partial charge >= 0.3 is 0 Å². The third-order valence-corrected chi connectivity index (χ3v) is 4.37. The third kappa shape index (κ3) is 4.52. The number of piperidine rings is 1. The van der Waals surface area contributed by atoms with Crippen molar-refractivity contribution < 1.29 is 14.3 Å². The van der Waals surface area contributed by atoms with Gasteiger partial charge in [0.15, 0.2) is 0 Å². The number of hydrogen-bond donors (Lipinski definition) is 1. The van der Waals surface area contributed by atoms with Crippen LogP contribution < -0.4 is 0 Å². The van der Waals surface area contributed by atoms with Gasteiger partial charge in [0, 0.05) is 25.7 Å². The van der Waals surface area contributed by atoms with Gasteiger partial charge < -0.3 is 10.0 Å². The first-order chi connectivity index (χ1) is 10.5. The second kappa shape index (κ2) is 7.70. The van der Waals surface area contributed by atoms with Crippen LogP contribution in [0.15, 0.2) is 24.3 Å². The lowest BCUT2D eigenvalue weighted by Gasteiger charge is -2.34. The summed E-state index contributed by atoms with van der Waals surface area (Å²) in [6, 6.07) is 6.52. The maximum absolute atomic E-state index is 13.6. The van der Waals surface area contributed by atoms with Crippen LogP contribution in [0.4, 0.5) is 4.39 Å². The molecule has 1 heterocycles. The predicted molar refractivity (Wildman–Crippen MR) is 83.7 cm³/mol. The lowest BCUT2D eigenvalue weighted by molar-refractivity contribution is -0.132. The number of aliphatic hydroxyl groups is 1. The SMILES string of the molecule is CC(O)C1CCCN(CC(=O)N(C)Cc2ccccc2F)C1. The Balaban J connectivity index is 1.87. The second-order valence-electron chi connectivity index (χ2n) is 6.22. The van der Waals surface area contributed by atoms with Crippen molar-refractivity contribution in [3.05, 3.63) is 35.6 Å². The number of carbonyl (C=O) groups excluding carboxylic acids is 1. The molecule has 1 N–H and O–H groups in total. The number of amides is 1. The van der Waals surface area contributed by atoms with E-state index in [0.29, 0.717) is 12.1 Å². The summed E-state index contributed by atoms with van der Waals surface area (Å²) in [4.78, 5) is 15.9. The molecule has 122 valence electrons. The van der Waals surface area contributed by atoms with E-state index < -0.39 is 0 Å². The summed E-state index contributed by atoms with van der Waals surface area (Å²) in [6.45, 7) is 4.03. The standard InChI is InChI=1S/C17H25FN2O2/c1-13(21)14-7-5-9-20(11-14)12-17(22)19(2)10-15-6-3-4-8-16(15)18/h3-4,6,8,13-14,21H,5,7,9-12H2,1-2H3. The molecule has 0 spiro atoms. The van der Waals surface area contributed by atoms with E-state index in [1.165, 1.54) is 6.07 Å². The molecular formula is C17H25FN2O2. The average Bonchev–Trinajstić information content (AvgIpc) is 2.49. The van der Waals surface area contributed by atoms with E-state index in [9.17, 15) is 14.3 Å². The fourth-order valence-corrected chi connectivity index (χ4v) is 2.91. The molecule has 0 saturated carbocycles. The molecule has 1 saturated heterocycles. The van der Waals surface area contributed by atoms with Gasteiger partial charge in [-0.1, -0.05) is 18.2 Å². The molecule has 0 aliphatic carbocycles. The summed E-state index contributed by atoms with van der Waals surface area (Å²) in [7, 11) is 1.70. The first-order valence-electron chi connectivity index (χ1n) is 7.85. The van der Waals surface area contributed by atoms with Gasteiger partial charge in [0.25, 0.3) is 0 Å². The van der Waals surface area contributed by atoms with Crippen LogP contribution >= 0.6 is 0 Å². The molecule has 22 heavy (non-hydrogen) atoms. The van der Waals surface area contributed by atoms with Crippen LogP contribution in [0.25, 0.3) is 0 Å². The highest BCUT2D eigenvalue weighted by Crippen LogP contribution is 2.19. The van der Waals surface area contributed by atoms with Crippen LogP contribution in [-0.2, 0) is 11.3 Å². The van der Waals surface area contributed by atoms with Crippen LogP contribution in [0.3, 0.4) is 0 Å². The van der Waals surface area contributed by atoms with Gasteiger partial charge in [0.2, 0.25) is 5.91 Å². The van der Waals surface area contributed by atoms with E-state index in [2.05, 4.69) is 4.90 Å². The van der Waals surface area contributed by atoms with Gasteiger partial charge in [-0.05, 0) is 38.3 Å². The van der Waals surface area contributed by atoms with Crippen LogP contribution in [0, 0.1) is 11.7 Å². The first-order valence-corrected chi connectivity index (χ1v) is 7.85. The highest BCUT2D eigenvalue weighted by molar-refractivity contribution is 5.78. The summed E-state index contributed by atoms with van der Waals surface area (Å²) in [5.41, 5.74) is 0.527. The summed E-state index contributed by atoms with van der Waals surface area (Å²) in [6.07, 6.45) is 1.67. The molecule has 2 rings (SSSR count). The molecule has 5 heteroatoms. The van der Waals surface area contributed by atoms with Gasteiger partial charge in [0.1, 0.15) is 5.82 Å². The highest BCUT2D eigenvalue weighted by Gasteiger charge is 2.25. The summed E-state index contributed by atoms with van der Waals surface area (Å²) >= 11 is 0. The lowest BCUT2D eigenvalue weighted by Crippen LogP contribution is -2.45. The van der Waals surface area contributed by atoms with Crippen LogP contribution in [0.2, 0.25) is 0 Å². The minimum absolute atomic E-state index is 0.0190. The van der Waals surface area contributed by atoms with Gasteiger partial charge in [-0.2, -0.15) is 0 Å². The Bertz CT molecular complexity index is 507. The van der Waals surface area contributed by atoms with Crippen molar-refractivity contribution >= 4 is 5.91 Å². The van der Waals surface area contributed by atoms with Crippen molar-refractivity contribution in [2.75, 3.05) is 26.7 Å². The maximum Gasteiger partial charge on any atom is 0.236 e. The van der Waals surface area contributed by atoms with E-state index in [1.807, 2.05) is 0 Å². The molecule has 1 aliphatic heterocycles.